The van der Waals surface area contributed by atoms with Crippen LogP contribution in [0, 0.1) is 0 Å². The number of aliphatic carboxylic acids is 1. The monoisotopic (exact) mass is 495 g/mol. The zero-order valence-corrected chi connectivity index (χ0v) is 19.8. The maximum atomic E-state index is 12.6. The largest absolute Gasteiger partial charge is 0.480 e. The van der Waals surface area contributed by atoms with Crippen LogP contribution >= 0.6 is 11.3 Å². The highest BCUT2D eigenvalue weighted by atomic mass is 32.1. The zero-order valence-electron chi connectivity index (χ0n) is 19.0. The summed E-state index contributed by atoms with van der Waals surface area (Å²) in [5.41, 5.74) is 6.03. The number of alkyl carbamates (subject to hydrolysis) is 1. The first-order valence-corrected chi connectivity index (χ1v) is 11.9. The van der Waals surface area contributed by atoms with Crippen LogP contribution in [0.3, 0.4) is 0 Å². The van der Waals surface area contributed by atoms with Crippen molar-refractivity contribution in [1.82, 2.24) is 15.6 Å². The number of amides is 2. The Morgan fingerprint density at radius 3 is 2.31 bits per heavy atom. The van der Waals surface area contributed by atoms with E-state index in [4.69, 9.17) is 9.47 Å². The molecule has 2 unspecified atom stereocenters. The van der Waals surface area contributed by atoms with Crippen molar-refractivity contribution < 1.29 is 29.0 Å². The molecule has 1 aromatic heterocycles. The van der Waals surface area contributed by atoms with Gasteiger partial charge < -0.3 is 25.2 Å². The average Bonchev–Trinajstić information content (AvgIpc) is 3.48. The third-order valence-corrected chi connectivity index (χ3v) is 6.66. The van der Waals surface area contributed by atoms with Gasteiger partial charge in [0.05, 0.1) is 12.1 Å². The highest BCUT2D eigenvalue weighted by molar-refractivity contribution is 7.09. The van der Waals surface area contributed by atoms with E-state index in [0.29, 0.717) is 0 Å². The number of carboxylic acids is 1. The molecule has 0 fully saturated rings. The number of methoxy groups -OCH3 is 1. The molecule has 1 aliphatic carbocycles. The number of nitrogens with zero attached hydrogens (tertiary/aromatic N) is 1. The SMILES string of the molecule is COC(CNC(=O)OCC1c2ccccc2-c2ccccc21)C(=O)NC(Cc1cncs1)C(=O)O. The molecule has 0 saturated carbocycles. The number of benzene rings is 2. The smallest absolute Gasteiger partial charge is 0.407 e. The Labute approximate surface area is 206 Å². The fraction of sp³-hybridized carbons (Fsp3) is 0.280. The predicted molar refractivity (Wildman–Crippen MR) is 129 cm³/mol. The van der Waals surface area contributed by atoms with E-state index >= 15 is 0 Å². The minimum atomic E-state index is -1.17. The fourth-order valence-corrected chi connectivity index (χ4v) is 4.76. The molecule has 0 spiro atoms. The summed E-state index contributed by atoms with van der Waals surface area (Å²) in [7, 11) is 1.31. The van der Waals surface area contributed by atoms with Gasteiger partial charge in [-0.25, -0.2) is 9.59 Å². The Kier molecular flexibility index (Phi) is 7.74. The van der Waals surface area contributed by atoms with Crippen LogP contribution in [-0.4, -0.2) is 60.5 Å². The molecule has 35 heavy (non-hydrogen) atoms. The molecule has 2 aromatic carbocycles. The third-order valence-electron chi connectivity index (χ3n) is 5.86. The molecule has 0 radical (unpaired) electrons. The molecule has 3 aromatic rings. The van der Waals surface area contributed by atoms with Gasteiger partial charge in [0.1, 0.15) is 12.6 Å². The molecule has 0 saturated heterocycles. The van der Waals surface area contributed by atoms with Crippen LogP contribution in [0.15, 0.2) is 60.2 Å². The van der Waals surface area contributed by atoms with Gasteiger partial charge in [0.25, 0.3) is 5.91 Å². The molecule has 2 atom stereocenters. The van der Waals surface area contributed by atoms with Crippen molar-refractivity contribution in [3.63, 3.8) is 0 Å². The van der Waals surface area contributed by atoms with E-state index in [1.54, 1.807) is 11.7 Å². The number of rotatable bonds is 10. The Balaban J connectivity index is 1.30. The van der Waals surface area contributed by atoms with E-state index in [9.17, 15) is 19.5 Å². The van der Waals surface area contributed by atoms with E-state index in [1.165, 1.54) is 18.4 Å². The van der Waals surface area contributed by atoms with Crippen LogP contribution in [0.2, 0.25) is 0 Å². The minimum Gasteiger partial charge on any atom is -0.480 e. The summed E-state index contributed by atoms with van der Waals surface area (Å²) >= 11 is 1.30. The quantitative estimate of drug-likeness (QED) is 0.395. The molecule has 1 heterocycles. The number of nitrogens with one attached hydrogen (secondary N) is 2. The summed E-state index contributed by atoms with van der Waals surface area (Å²) in [6, 6.07) is 14.9. The first-order chi connectivity index (χ1) is 17.0. The molecule has 3 N–H and O–H groups in total. The molecule has 2 amide bonds. The summed E-state index contributed by atoms with van der Waals surface area (Å²) in [4.78, 5) is 41.2. The Morgan fingerprint density at radius 2 is 1.74 bits per heavy atom. The molecule has 4 rings (SSSR count). The Hall–Kier alpha value is -3.76. The second-order valence-corrected chi connectivity index (χ2v) is 8.97. The van der Waals surface area contributed by atoms with Gasteiger partial charge in [-0.3, -0.25) is 9.78 Å². The highest BCUT2D eigenvalue weighted by Gasteiger charge is 2.30. The van der Waals surface area contributed by atoms with Gasteiger partial charge in [0, 0.05) is 30.5 Å². The van der Waals surface area contributed by atoms with Gasteiger partial charge in [-0.2, -0.15) is 0 Å². The second kappa shape index (κ2) is 11.1. The van der Waals surface area contributed by atoms with E-state index < -0.39 is 30.1 Å². The van der Waals surface area contributed by atoms with Gasteiger partial charge >= 0.3 is 12.1 Å². The summed E-state index contributed by atoms with van der Waals surface area (Å²) in [6.45, 7) is -0.0362. The van der Waals surface area contributed by atoms with Crippen LogP contribution in [0.4, 0.5) is 4.79 Å². The predicted octanol–water partition coefficient (Wildman–Crippen LogP) is 2.81. The van der Waals surface area contributed by atoms with Crippen molar-refractivity contribution in [2.45, 2.75) is 24.5 Å². The van der Waals surface area contributed by atoms with E-state index in [-0.39, 0.29) is 25.5 Å². The molecular weight excluding hydrogens is 470 g/mol. The molecule has 0 bridgehead atoms. The molecule has 0 aliphatic heterocycles. The molecule has 10 heteroatoms. The lowest BCUT2D eigenvalue weighted by molar-refractivity contribution is -0.143. The number of ether oxygens (including phenoxy) is 2. The number of hydrogen-bond donors (Lipinski definition) is 3. The minimum absolute atomic E-state index is 0.0854. The fourth-order valence-electron chi connectivity index (χ4n) is 4.12. The topological polar surface area (TPSA) is 127 Å². The van der Waals surface area contributed by atoms with Crippen molar-refractivity contribution in [1.29, 1.82) is 0 Å². The molecule has 1 aliphatic rings. The lowest BCUT2D eigenvalue weighted by atomic mass is 9.98. The molecule has 182 valence electrons. The van der Waals surface area contributed by atoms with Crippen LogP contribution in [0.25, 0.3) is 11.1 Å². The van der Waals surface area contributed by atoms with E-state index in [1.807, 2.05) is 36.4 Å². The number of fused-ring (bicyclic) bond motifs is 3. The zero-order chi connectivity index (χ0) is 24.8. The van der Waals surface area contributed by atoms with Gasteiger partial charge in [0.15, 0.2) is 6.10 Å². The van der Waals surface area contributed by atoms with Crippen LogP contribution in [0.5, 0.6) is 0 Å². The van der Waals surface area contributed by atoms with Crippen LogP contribution in [-0.2, 0) is 25.5 Å². The van der Waals surface area contributed by atoms with Crippen molar-refractivity contribution in [3.8, 4) is 11.1 Å². The summed E-state index contributed by atoms with van der Waals surface area (Å²) in [6.07, 6.45) is -0.124. The number of thiazole rings is 1. The van der Waals surface area contributed by atoms with E-state index in [2.05, 4.69) is 27.8 Å². The standard InChI is InChI=1S/C25H25N3O6S/c1-33-22(23(29)28-21(24(30)31)10-15-11-26-14-35-15)12-27-25(32)34-13-20-18-8-4-2-6-16(18)17-7-3-5-9-19(17)20/h2-9,11,14,20-22H,10,12-13H2,1H3,(H,27,32)(H,28,29)(H,30,31). The summed E-state index contributed by atoms with van der Waals surface area (Å²) in [5.74, 6) is -1.91. The number of carboxylic acid groups (broad SMARTS) is 1. The lowest BCUT2D eigenvalue weighted by Gasteiger charge is -2.20. The third kappa shape index (κ3) is 5.67. The van der Waals surface area contributed by atoms with Crippen molar-refractivity contribution >= 4 is 29.3 Å². The maximum absolute atomic E-state index is 12.6. The second-order valence-electron chi connectivity index (χ2n) is 8.00. The molecular formula is C25H25N3O6S. The first-order valence-electron chi connectivity index (χ1n) is 11.0. The number of carbonyl (C=O) groups excluding carboxylic acids is 2. The lowest BCUT2D eigenvalue weighted by Crippen LogP contribution is -2.50. The van der Waals surface area contributed by atoms with Gasteiger partial charge in [-0.05, 0) is 22.3 Å². The van der Waals surface area contributed by atoms with Crippen molar-refractivity contribution in [2.75, 3.05) is 20.3 Å². The normalized spacial score (nSPS) is 13.9. The van der Waals surface area contributed by atoms with Gasteiger partial charge in [-0.1, -0.05) is 48.5 Å². The first kappa shape index (κ1) is 24.4. The number of hydrogen-bond acceptors (Lipinski definition) is 7. The average molecular weight is 496 g/mol. The number of carbonyl (C=O) groups is 3. The van der Waals surface area contributed by atoms with Crippen molar-refractivity contribution in [3.05, 3.63) is 76.2 Å². The summed E-state index contributed by atoms with van der Waals surface area (Å²) in [5, 5.41) is 14.4. The van der Waals surface area contributed by atoms with Crippen molar-refractivity contribution in [2.24, 2.45) is 0 Å². The van der Waals surface area contributed by atoms with Crippen LogP contribution in [0.1, 0.15) is 21.9 Å². The van der Waals surface area contributed by atoms with Crippen LogP contribution < -0.4 is 10.6 Å². The Bertz CT molecular complexity index is 1150. The van der Waals surface area contributed by atoms with Gasteiger partial charge in [-0.15, -0.1) is 11.3 Å². The molecule has 9 nitrogen and oxygen atoms in total. The Morgan fingerprint density at radius 1 is 1.09 bits per heavy atom. The summed E-state index contributed by atoms with van der Waals surface area (Å²) < 4.78 is 10.6. The highest BCUT2D eigenvalue weighted by Crippen LogP contribution is 2.44. The van der Waals surface area contributed by atoms with Gasteiger partial charge in [0.2, 0.25) is 0 Å². The maximum Gasteiger partial charge on any atom is 0.407 e. The number of aromatic nitrogens is 1. The van der Waals surface area contributed by atoms with E-state index in [0.717, 1.165) is 27.1 Å².